The van der Waals surface area contributed by atoms with E-state index in [9.17, 15) is 30.0 Å². The number of phenols is 4. The second kappa shape index (κ2) is 7.32. The molecule has 8 heteroatoms. The third-order valence-electron chi connectivity index (χ3n) is 3.97. The zero-order chi connectivity index (χ0) is 19.5. The highest BCUT2D eigenvalue weighted by Gasteiger charge is 2.28. The van der Waals surface area contributed by atoms with E-state index in [-0.39, 0.29) is 51.9 Å². The largest absolute Gasteiger partial charge is 0.504 e. The van der Waals surface area contributed by atoms with Crippen LogP contribution in [0.4, 0.5) is 0 Å². The van der Waals surface area contributed by atoms with Gasteiger partial charge in [0.25, 0.3) is 5.91 Å². The van der Waals surface area contributed by atoms with E-state index in [2.05, 4.69) is 5.32 Å². The van der Waals surface area contributed by atoms with Crippen LogP contribution in [-0.2, 0) is 0 Å². The van der Waals surface area contributed by atoms with Crippen molar-refractivity contribution in [3.63, 3.8) is 0 Å². The van der Waals surface area contributed by atoms with Gasteiger partial charge in [0.1, 0.15) is 6.54 Å². The summed E-state index contributed by atoms with van der Waals surface area (Å²) in [6.45, 7) is 0.458. The van der Waals surface area contributed by atoms with Crippen molar-refractivity contribution in [3.8, 4) is 23.0 Å². The molecule has 0 fully saturated rings. The molecule has 0 atom stereocenters. The summed E-state index contributed by atoms with van der Waals surface area (Å²) in [4.78, 5) is 24.6. The summed E-state index contributed by atoms with van der Waals surface area (Å²) in [5, 5.41) is 40.2. The van der Waals surface area contributed by atoms with Crippen LogP contribution in [0, 0.1) is 0 Å². The van der Waals surface area contributed by atoms with Crippen LogP contribution in [0.2, 0.25) is 0 Å². The summed E-state index contributed by atoms with van der Waals surface area (Å²) in [5.74, 6) is -2.14. The summed E-state index contributed by atoms with van der Waals surface area (Å²) >= 11 is 0. The van der Waals surface area contributed by atoms with Crippen LogP contribution in [0.5, 0.6) is 23.0 Å². The lowest BCUT2D eigenvalue weighted by Gasteiger charge is -2.27. The van der Waals surface area contributed by atoms with Crippen molar-refractivity contribution in [1.82, 2.24) is 5.32 Å². The Morgan fingerprint density at radius 3 is 1.88 bits per heavy atom. The number of quaternary nitrogens is 1. The maximum absolute atomic E-state index is 12.6. The minimum Gasteiger partial charge on any atom is -0.504 e. The second-order valence-electron chi connectivity index (χ2n) is 6.38. The SMILES string of the molecule is C[N+](C)(CCNC(=O)c1ccc(O)c(O)c1)C(=O)c1ccc(O)c(O)c1. The Balaban J connectivity index is 1.98. The predicted molar refractivity (Wildman–Crippen MR) is 93.2 cm³/mol. The van der Waals surface area contributed by atoms with Gasteiger partial charge in [-0.15, -0.1) is 0 Å². The summed E-state index contributed by atoms with van der Waals surface area (Å²) in [6.07, 6.45) is 0. The van der Waals surface area contributed by atoms with Gasteiger partial charge in [-0.2, -0.15) is 0 Å². The monoisotopic (exact) mass is 361 g/mol. The first kappa shape index (κ1) is 19.1. The van der Waals surface area contributed by atoms with Crippen LogP contribution in [0.3, 0.4) is 0 Å². The van der Waals surface area contributed by atoms with Gasteiger partial charge in [-0.05, 0) is 30.3 Å². The molecule has 0 unspecified atom stereocenters. The number of carbonyl (C=O) groups is 2. The molecule has 5 N–H and O–H groups in total. The molecule has 2 rings (SSSR count). The molecule has 26 heavy (non-hydrogen) atoms. The molecule has 8 nitrogen and oxygen atoms in total. The molecule has 0 aromatic heterocycles. The number of aromatic hydroxyl groups is 4. The van der Waals surface area contributed by atoms with Gasteiger partial charge in [-0.3, -0.25) is 9.28 Å². The molecule has 0 bridgehead atoms. The van der Waals surface area contributed by atoms with Crippen LogP contribution in [0.1, 0.15) is 20.7 Å². The van der Waals surface area contributed by atoms with E-state index in [0.29, 0.717) is 0 Å². The van der Waals surface area contributed by atoms with Crippen molar-refractivity contribution < 1.29 is 34.5 Å². The minimum absolute atomic E-state index is 0.0919. The lowest BCUT2D eigenvalue weighted by molar-refractivity contribution is -0.806. The highest BCUT2D eigenvalue weighted by Crippen LogP contribution is 2.26. The number of hydrogen-bond acceptors (Lipinski definition) is 6. The zero-order valence-electron chi connectivity index (χ0n) is 14.4. The molecule has 0 spiro atoms. The highest BCUT2D eigenvalue weighted by atomic mass is 16.3. The van der Waals surface area contributed by atoms with Crippen LogP contribution < -0.4 is 5.32 Å². The normalized spacial score (nSPS) is 11.2. The third-order valence-corrected chi connectivity index (χ3v) is 3.97. The van der Waals surface area contributed by atoms with Gasteiger partial charge in [0.05, 0.1) is 26.2 Å². The zero-order valence-corrected chi connectivity index (χ0v) is 14.4. The van der Waals surface area contributed by atoms with Gasteiger partial charge in [0, 0.05) is 11.6 Å². The highest BCUT2D eigenvalue weighted by molar-refractivity contribution is 5.95. The molecule has 0 saturated heterocycles. The quantitative estimate of drug-likeness (QED) is 0.402. The molecule has 2 aromatic carbocycles. The van der Waals surface area contributed by atoms with Gasteiger partial charge in [-0.1, -0.05) is 0 Å². The summed E-state index contributed by atoms with van der Waals surface area (Å²) < 4.78 is -0.0919. The molecule has 0 aliphatic carbocycles. The Morgan fingerprint density at radius 1 is 0.846 bits per heavy atom. The molecule has 138 valence electrons. The smallest absolute Gasteiger partial charge is 0.345 e. The average Bonchev–Trinajstić information content (AvgIpc) is 2.58. The standard InChI is InChI=1S/C18H20N2O6/c1-20(2,18(26)12-4-6-14(22)16(24)10-12)8-7-19-17(25)11-3-5-13(21)15(23)9-11/h3-6,9-10H,7-8H2,1-2H3,(H4-,19,21,22,23,24,25,26)/p+1. The van der Waals surface area contributed by atoms with Crippen LogP contribution >= 0.6 is 0 Å². The maximum Gasteiger partial charge on any atom is 0.345 e. The number of hydrogen-bond donors (Lipinski definition) is 5. The number of amides is 2. The number of nitrogens with zero attached hydrogens (tertiary/aromatic N) is 1. The molecule has 0 aliphatic rings. The van der Waals surface area contributed by atoms with Crippen molar-refractivity contribution in [2.75, 3.05) is 27.2 Å². The van der Waals surface area contributed by atoms with E-state index >= 15 is 0 Å². The summed E-state index contributed by atoms with van der Waals surface area (Å²) in [7, 11) is 3.32. The Hall–Kier alpha value is -3.26. The third kappa shape index (κ3) is 4.22. The second-order valence-corrected chi connectivity index (χ2v) is 6.38. The lowest BCUT2D eigenvalue weighted by Crippen LogP contribution is -2.49. The average molecular weight is 361 g/mol. The van der Waals surface area contributed by atoms with Gasteiger partial charge in [0.2, 0.25) is 0 Å². The number of nitrogens with one attached hydrogen (secondary N) is 1. The fraction of sp³-hybridized carbons (Fsp3) is 0.222. The molecule has 2 aromatic rings. The van der Waals surface area contributed by atoms with Gasteiger partial charge >= 0.3 is 5.91 Å². The Morgan fingerprint density at radius 2 is 1.35 bits per heavy atom. The van der Waals surface area contributed by atoms with Crippen molar-refractivity contribution in [1.29, 1.82) is 0 Å². The molecule has 2 amide bonds. The topological polar surface area (TPSA) is 127 Å². The maximum atomic E-state index is 12.6. The predicted octanol–water partition coefficient (Wildman–Crippen LogP) is 1.16. The number of benzene rings is 2. The van der Waals surface area contributed by atoms with Crippen molar-refractivity contribution in [2.24, 2.45) is 0 Å². The van der Waals surface area contributed by atoms with Gasteiger partial charge < -0.3 is 25.7 Å². The number of carbonyl (C=O) groups excluding carboxylic acids is 2. The Kier molecular flexibility index (Phi) is 5.37. The number of rotatable bonds is 5. The van der Waals surface area contributed by atoms with Crippen LogP contribution in [0.15, 0.2) is 36.4 Å². The fourth-order valence-corrected chi connectivity index (χ4v) is 2.32. The van der Waals surface area contributed by atoms with E-state index < -0.39 is 11.7 Å². The van der Waals surface area contributed by atoms with Crippen LogP contribution in [0.25, 0.3) is 0 Å². The van der Waals surface area contributed by atoms with E-state index in [4.69, 9.17) is 0 Å². The Bertz CT molecular complexity index is 848. The molecular weight excluding hydrogens is 340 g/mol. The van der Waals surface area contributed by atoms with Gasteiger partial charge in [0.15, 0.2) is 23.0 Å². The van der Waals surface area contributed by atoms with Crippen molar-refractivity contribution in [3.05, 3.63) is 47.5 Å². The summed E-state index contributed by atoms with van der Waals surface area (Å²) in [6, 6.07) is 7.57. The number of phenolic OH excluding ortho intramolecular Hbond substituents is 4. The van der Waals surface area contributed by atoms with Crippen LogP contribution in [-0.4, -0.2) is 63.9 Å². The van der Waals surface area contributed by atoms with Crippen molar-refractivity contribution >= 4 is 11.8 Å². The molecule has 0 aliphatic heterocycles. The number of likely N-dealkylation sites (N-methyl/N-ethyl adjacent to an activating group) is 1. The molecule has 0 radical (unpaired) electrons. The first-order valence-corrected chi connectivity index (χ1v) is 7.82. The molecular formula is C18H21N2O6+. The lowest BCUT2D eigenvalue weighted by atomic mass is 10.1. The van der Waals surface area contributed by atoms with E-state index in [1.807, 2.05) is 0 Å². The molecule has 0 saturated carbocycles. The summed E-state index contributed by atoms with van der Waals surface area (Å²) in [5.41, 5.74) is 0.417. The van der Waals surface area contributed by atoms with E-state index in [0.717, 1.165) is 6.07 Å². The van der Waals surface area contributed by atoms with E-state index in [1.54, 1.807) is 14.1 Å². The fourth-order valence-electron chi connectivity index (χ4n) is 2.32. The minimum atomic E-state index is -0.449. The van der Waals surface area contributed by atoms with Crippen molar-refractivity contribution in [2.45, 2.75) is 0 Å². The van der Waals surface area contributed by atoms with Gasteiger partial charge in [-0.25, -0.2) is 4.79 Å². The Labute approximate surface area is 150 Å². The first-order chi connectivity index (χ1) is 12.1. The molecule has 0 heterocycles. The first-order valence-electron chi connectivity index (χ1n) is 7.82. The van der Waals surface area contributed by atoms with E-state index in [1.165, 1.54) is 30.3 Å².